The summed E-state index contributed by atoms with van der Waals surface area (Å²) in [5.41, 5.74) is 19.1. The van der Waals surface area contributed by atoms with Gasteiger partial charge in [0.05, 0.1) is 27.8 Å². The molecule has 0 radical (unpaired) electrons. The average molecular weight is 835 g/mol. The van der Waals surface area contributed by atoms with Crippen LogP contribution < -0.4 is 4.90 Å². The summed E-state index contributed by atoms with van der Waals surface area (Å²) in [6.07, 6.45) is 5.85. The van der Waals surface area contributed by atoms with Gasteiger partial charge in [0.1, 0.15) is 11.2 Å². The van der Waals surface area contributed by atoms with Gasteiger partial charge in [0, 0.05) is 38.5 Å². The van der Waals surface area contributed by atoms with Crippen molar-refractivity contribution in [2.75, 3.05) is 4.90 Å². The van der Waals surface area contributed by atoms with E-state index in [9.17, 15) is 0 Å². The van der Waals surface area contributed by atoms with Crippen molar-refractivity contribution in [3.63, 3.8) is 0 Å². The van der Waals surface area contributed by atoms with E-state index in [4.69, 9.17) is 4.42 Å². The van der Waals surface area contributed by atoms with Crippen LogP contribution in [0.1, 0.15) is 38.3 Å². The molecule has 0 bridgehead atoms. The monoisotopic (exact) mass is 834 g/mol. The summed E-state index contributed by atoms with van der Waals surface area (Å²) >= 11 is 0. The molecule has 0 fully saturated rings. The summed E-state index contributed by atoms with van der Waals surface area (Å²) in [6, 6.07) is 71.1. The Balaban J connectivity index is 0.940. The van der Waals surface area contributed by atoms with E-state index in [0.29, 0.717) is 5.92 Å². The predicted octanol–water partition coefficient (Wildman–Crippen LogP) is 17.3. The van der Waals surface area contributed by atoms with Gasteiger partial charge in [0.2, 0.25) is 0 Å². The molecule has 1 unspecified atom stereocenters. The van der Waals surface area contributed by atoms with Crippen molar-refractivity contribution in [3.05, 3.63) is 223 Å². The molecule has 1 atom stereocenters. The third kappa shape index (κ3) is 5.75. The molecule has 0 amide bonds. The van der Waals surface area contributed by atoms with Gasteiger partial charge in [-0.2, -0.15) is 0 Å². The lowest BCUT2D eigenvalue weighted by Gasteiger charge is -2.30. The van der Waals surface area contributed by atoms with Crippen molar-refractivity contribution in [2.45, 2.75) is 32.6 Å². The first kappa shape index (κ1) is 37.7. The van der Waals surface area contributed by atoms with Gasteiger partial charge >= 0.3 is 0 Å². The molecule has 0 N–H and O–H groups in total. The minimum absolute atomic E-state index is 0.0527. The Kier molecular flexibility index (Phi) is 8.30. The zero-order valence-corrected chi connectivity index (χ0v) is 36.7. The van der Waals surface area contributed by atoms with Crippen LogP contribution in [0.25, 0.3) is 88.0 Å². The van der Waals surface area contributed by atoms with Crippen LogP contribution in [0.4, 0.5) is 17.1 Å². The number of furan rings is 1. The van der Waals surface area contributed by atoms with Crippen molar-refractivity contribution in [3.8, 4) is 27.9 Å². The molecule has 3 nitrogen and oxygen atoms in total. The average Bonchev–Trinajstić information content (AvgIpc) is 3.97. The summed E-state index contributed by atoms with van der Waals surface area (Å²) in [5, 5.41) is 7.17. The zero-order chi connectivity index (χ0) is 43.4. The summed E-state index contributed by atoms with van der Waals surface area (Å²) in [5.74, 6) is 0.493. The van der Waals surface area contributed by atoms with Crippen molar-refractivity contribution in [1.82, 2.24) is 4.57 Å². The topological polar surface area (TPSA) is 21.3 Å². The second-order valence-electron chi connectivity index (χ2n) is 18.5. The molecule has 11 aromatic rings. The largest absolute Gasteiger partial charge is 0.456 e. The fourth-order valence-electron chi connectivity index (χ4n) is 11.5. The Morgan fingerprint density at radius 2 is 1.22 bits per heavy atom. The van der Waals surface area contributed by atoms with E-state index in [1.807, 2.05) is 6.07 Å². The molecular formula is C62H46N2O. The van der Waals surface area contributed by atoms with Gasteiger partial charge < -0.3 is 13.9 Å². The summed E-state index contributed by atoms with van der Waals surface area (Å²) in [6.45, 7) is 7.23. The highest BCUT2D eigenvalue weighted by Crippen LogP contribution is 2.56. The smallest absolute Gasteiger partial charge is 0.137 e. The zero-order valence-electron chi connectivity index (χ0n) is 36.7. The molecule has 310 valence electrons. The summed E-state index contributed by atoms with van der Waals surface area (Å²) in [4.78, 5) is 2.49. The Morgan fingerprint density at radius 1 is 0.538 bits per heavy atom. The Labute approximate surface area is 378 Å². The van der Waals surface area contributed by atoms with Crippen molar-refractivity contribution in [1.29, 1.82) is 0 Å². The van der Waals surface area contributed by atoms with Crippen molar-refractivity contribution >= 4 is 77.2 Å². The van der Waals surface area contributed by atoms with Crippen molar-refractivity contribution < 1.29 is 4.42 Å². The molecular weight excluding hydrogens is 789 g/mol. The lowest BCUT2D eigenvalue weighted by atomic mass is 9.74. The van der Waals surface area contributed by atoms with Crippen LogP contribution in [-0.2, 0) is 5.41 Å². The maximum atomic E-state index is 6.35. The first-order chi connectivity index (χ1) is 31.9. The van der Waals surface area contributed by atoms with E-state index in [1.165, 1.54) is 77.2 Å². The van der Waals surface area contributed by atoms with Gasteiger partial charge in [-0.25, -0.2) is 0 Å². The van der Waals surface area contributed by atoms with Gasteiger partial charge in [-0.05, 0) is 135 Å². The second kappa shape index (κ2) is 14.3. The van der Waals surface area contributed by atoms with Gasteiger partial charge in [0.15, 0.2) is 0 Å². The van der Waals surface area contributed by atoms with E-state index in [-0.39, 0.29) is 5.41 Å². The minimum atomic E-state index is -0.0527. The maximum Gasteiger partial charge on any atom is 0.137 e. The number of anilines is 3. The van der Waals surface area contributed by atoms with Crippen LogP contribution in [0.15, 0.2) is 216 Å². The number of rotatable bonds is 6. The normalized spacial score (nSPS) is 15.4. The summed E-state index contributed by atoms with van der Waals surface area (Å²) in [7, 11) is 0. The van der Waals surface area contributed by atoms with Gasteiger partial charge in [0.25, 0.3) is 0 Å². The molecule has 3 heteroatoms. The number of aromatic nitrogens is 1. The van der Waals surface area contributed by atoms with E-state index < -0.39 is 0 Å². The summed E-state index contributed by atoms with van der Waals surface area (Å²) < 4.78 is 8.76. The molecule has 13 rings (SSSR count). The number of hydrogen-bond acceptors (Lipinski definition) is 2. The maximum absolute atomic E-state index is 6.35. The van der Waals surface area contributed by atoms with Crippen molar-refractivity contribution in [2.24, 2.45) is 5.92 Å². The molecule has 65 heavy (non-hydrogen) atoms. The van der Waals surface area contributed by atoms with Crippen LogP contribution >= 0.6 is 0 Å². The molecule has 2 aliphatic carbocycles. The molecule has 2 aromatic heterocycles. The SMILES string of the molecule is CC1CC=CC2=C1C(C)(C)c1cccc(N(c3cccc(-c4cccc(-c5ccc6c(c5)c5ccccc5n6-c5cccc6oc7ccccc7c56)c4)c3)c3ccc4ccccc4c3)c12. The van der Waals surface area contributed by atoms with E-state index in [0.717, 1.165) is 45.4 Å². The molecule has 0 saturated heterocycles. The van der Waals surface area contributed by atoms with Crippen LogP contribution in [0.3, 0.4) is 0 Å². The van der Waals surface area contributed by atoms with E-state index in [1.54, 1.807) is 5.57 Å². The fraction of sp³-hybridized carbons (Fsp3) is 0.0968. The molecule has 2 aliphatic rings. The third-order valence-corrected chi connectivity index (χ3v) is 14.4. The highest BCUT2D eigenvalue weighted by Gasteiger charge is 2.42. The molecule has 2 heterocycles. The van der Waals surface area contributed by atoms with Crippen LogP contribution in [0.2, 0.25) is 0 Å². The minimum Gasteiger partial charge on any atom is -0.456 e. The molecule has 0 aliphatic heterocycles. The third-order valence-electron chi connectivity index (χ3n) is 14.4. The number of nitrogens with zero attached hydrogens (tertiary/aromatic N) is 2. The van der Waals surface area contributed by atoms with E-state index >= 15 is 0 Å². The highest BCUT2D eigenvalue weighted by molar-refractivity contribution is 6.15. The standard InChI is InChI=1S/C62H46N2O/c1-39-15-10-24-50-59-52(62(2,3)61(39)50)25-13-27-55(59)63(47-33-31-40-16-4-5-17-43(40)36-47)46-21-12-20-44(37-46)41-18-11-19-42(35-41)45-32-34-54-51(38-45)48-22-6-8-26-53(48)64(54)56-28-14-30-58-60(56)49-23-7-9-29-57(49)65-58/h4-14,16-39H,15H2,1-3H3. The lowest BCUT2D eigenvalue weighted by Crippen LogP contribution is -2.22. The fourth-order valence-corrected chi connectivity index (χ4v) is 11.5. The van der Waals surface area contributed by atoms with Crippen LogP contribution in [0, 0.1) is 5.92 Å². The molecule has 9 aromatic carbocycles. The number of allylic oxidation sites excluding steroid dienone is 4. The van der Waals surface area contributed by atoms with E-state index in [2.05, 4.69) is 230 Å². The van der Waals surface area contributed by atoms with Gasteiger partial charge in [-0.3, -0.25) is 0 Å². The predicted molar refractivity (Wildman–Crippen MR) is 274 cm³/mol. The van der Waals surface area contributed by atoms with Crippen LogP contribution in [-0.4, -0.2) is 4.57 Å². The first-order valence-corrected chi connectivity index (χ1v) is 22.9. The molecule has 0 spiro atoms. The van der Waals surface area contributed by atoms with Gasteiger partial charge in [-0.1, -0.05) is 154 Å². The lowest BCUT2D eigenvalue weighted by molar-refractivity contribution is 0.530. The number of para-hydroxylation sites is 2. The number of fused-ring (bicyclic) bond motifs is 9. The second-order valence-corrected chi connectivity index (χ2v) is 18.5. The molecule has 0 saturated carbocycles. The highest BCUT2D eigenvalue weighted by atomic mass is 16.3. The van der Waals surface area contributed by atoms with Gasteiger partial charge in [-0.15, -0.1) is 0 Å². The van der Waals surface area contributed by atoms with Crippen LogP contribution in [0.5, 0.6) is 0 Å². The Bertz CT molecular complexity index is 3820. The Hall–Kier alpha value is -7.88. The first-order valence-electron chi connectivity index (χ1n) is 22.9. The Morgan fingerprint density at radius 3 is 2.09 bits per heavy atom. The quantitative estimate of drug-likeness (QED) is 0.166. The number of hydrogen-bond donors (Lipinski definition) is 0. The number of benzene rings is 9.